The molecule has 0 aromatic carbocycles. The maximum absolute atomic E-state index is 12.0. The minimum Gasteiger partial charge on any atom is -0.481 e. The number of amides is 1. The van der Waals surface area contributed by atoms with Crippen molar-refractivity contribution in [1.29, 1.82) is 0 Å². The molecule has 0 spiro atoms. The number of hydrogen-bond donors (Lipinski definition) is 2. The van der Waals surface area contributed by atoms with Crippen LogP contribution in [0.3, 0.4) is 0 Å². The molecule has 2 rings (SSSR count). The van der Waals surface area contributed by atoms with E-state index in [1.54, 1.807) is 0 Å². The lowest BCUT2D eigenvalue weighted by Crippen LogP contribution is -2.33. The van der Waals surface area contributed by atoms with Crippen molar-refractivity contribution in [3.63, 3.8) is 0 Å². The summed E-state index contributed by atoms with van der Waals surface area (Å²) in [6, 6.07) is -0.0505. The summed E-state index contributed by atoms with van der Waals surface area (Å²) in [6.07, 6.45) is 2.52. The van der Waals surface area contributed by atoms with E-state index >= 15 is 0 Å². The van der Waals surface area contributed by atoms with Crippen LogP contribution in [0.15, 0.2) is 0 Å². The van der Waals surface area contributed by atoms with Crippen molar-refractivity contribution in [1.82, 2.24) is 14.9 Å². The van der Waals surface area contributed by atoms with Gasteiger partial charge in [-0.05, 0) is 37.2 Å². The minimum absolute atomic E-state index is 0.0505. The number of nitrogens with zero attached hydrogens (tertiary/aromatic N) is 2. The maximum Gasteiger partial charge on any atom is 0.306 e. The molecule has 6 nitrogen and oxygen atoms in total. The first-order chi connectivity index (χ1) is 8.61. The van der Waals surface area contributed by atoms with Crippen LogP contribution in [0.1, 0.15) is 41.6 Å². The number of nitrogens with one attached hydrogen (secondary N) is 1. The fourth-order valence-corrected chi connectivity index (χ4v) is 2.85. The molecule has 1 aliphatic rings. The zero-order valence-electron chi connectivity index (χ0n) is 10.0. The monoisotopic (exact) mass is 269 g/mol. The van der Waals surface area contributed by atoms with Crippen LogP contribution in [0, 0.1) is 5.92 Å². The third kappa shape index (κ3) is 2.66. The molecule has 1 aliphatic carbocycles. The SMILES string of the molecule is CCc1nnsc1C(=O)NC1CCC(C(=O)O)C1. The fraction of sp³-hybridized carbons (Fsp3) is 0.636. The molecule has 1 heterocycles. The van der Waals surface area contributed by atoms with Crippen LogP contribution < -0.4 is 5.32 Å². The molecule has 0 aliphatic heterocycles. The normalized spacial score (nSPS) is 22.9. The number of aryl methyl sites for hydroxylation is 1. The summed E-state index contributed by atoms with van der Waals surface area (Å²) in [5.41, 5.74) is 0.699. The first-order valence-corrected chi connectivity index (χ1v) is 6.74. The van der Waals surface area contributed by atoms with Crippen LogP contribution in [0.25, 0.3) is 0 Å². The molecule has 1 aromatic heterocycles. The van der Waals surface area contributed by atoms with Gasteiger partial charge in [-0.2, -0.15) is 0 Å². The number of carboxylic acid groups (broad SMARTS) is 1. The minimum atomic E-state index is -0.777. The van der Waals surface area contributed by atoms with Gasteiger partial charge in [0.25, 0.3) is 5.91 Å². The van der Waals surface area contributed by atoms with Crippen molar-refractivity contribution in [3.8, 4) is 0 Å². The van der Waals surface area contributed by atoms with Crippen molar-refractivity contribution < 1.29 is 14.7 Å². The van der Waals surface area contributed by atoms with Crippen LogP contribution in [0.5, 0.6) is 0 Å². The lowest BCUT2D eigenvalue weighted by Gasteiger charge is -2.11. The molecule has 0 saturated heterocycles. The highest BCUT2D eigenvalue weighted by atomic mass is 32.1. The summed E-state index contributed by atoms with van der Waals surface area (Å²) < 4.78 is 3.77. The Hall–Kier alpha value is -1.50. The number of rotatable bonds is 4. The summed E-state index contributed by atoms with van der Waals surface area (Å²) in [6.45, 7) is 1.92. The van der Waals surface area contributed by atoms with Crippen LogP contribution in [-0.4, -0.2) is 32.6 Å². The number of carbonyl (C=O) groups excluding carboxylic acids is 1. The molecule has 0 radical (unpaired) electrons. The average Bonchev–Trinajstić information content (AvgIpc) is 2.96. The predicted molar refractivity (Wildman–Crippen MR) is 65.5 cm³/mol. The Bertz CT molecular complexity index is 460. The standard InChI is InChI=1S/C11H15N3O3S/c1-2-8-9(18-14-13-8)10(15)12-7-4-3-6(5-7)11(16)17/h6-7H,2-5H2,1H3,(H,12,15)(H,16,17). The molecule has 1 saturated carbocycles. The van der Waals surface area contributed by atoms with E-state index in [0.29, 0.717) is 29.8 Å². The molecular weight excluding hydrogens is 254 g/mol. The topological polar surface area (TPSA) is 92.2 Å². The fourth-order valence-electron chi connectivity index (χ4n) is 2.20. The van der Waals surface area contributed by atoms with Gasteiger partial charge in [0, 0.05) is 6.04 Å². The molecule has 7 heteroatoms. The Morgan fingerprint density at radius 2 is 2.28 bits per heavy atom. The van der Waals surface area contributed by atoms with Crippen molar-refractivity contribution >= 4 is 23.4 Å². The van der Waals surface area contributed by atoms with Crippen molar-refractivity contribution in [3.05, 3.63) is 10.6 Å². The number of aliphatic carboxylic acids is 1. The molecule has 18 heavy (non-hydrogen) atoms. The third-order valence-electron chi connectivity index (χ3n) is 3.21. The molecule has 1 fully saturated rings. The van der Waals surface area contributed by atoms with Crippen molar-refractivity contribution in [2.24, 2.45) is 5.92 Å². The number of hydrogen-bond acceptors (Lipinski definition) is 5. The van der Waals surface area contributed by atoms with Gasteiger partial charge in [0.2, 0.25) is 0 Å². The zero-order valence-corrected chi connectivity index (χ0v) is 10.9. The van der Waals surface area contributed by atoms with Gasteiger partial charge in [-0.3, -0.25) is 9.59 Å². The van der Waals surface area contributed by atoms with Crippen LogP contribution in [0.4, 0.5) is 0 Å². The molecule has 2 unspecified atom stereocenters. The van der Waals surface area contributed by atoms with Gasteiger partial charge in [0.05, 0.1) is 11.6 Å². The third-order valence-corrected chi connectivity index (χ3v) is 3.98. The van der Waals surface area contributed by atoms with E-state index in [9.17, 15) is 9.59 Å². The Kier molecular flexibility index (Phi) is 3.90. The molecule has 1 aromatic rings. The second-order valence-corrected chi connectivity index (χ2v) is 5.18. The number of carbonyl (C=O) groups is 2. The summed E-state index contributed by atoms with van der Waals surface area (Å²) in [5.74, 6) is -1.29. The Labute approximate surface area is 109 Å². The van der Waals surface area contributed by atoms with Gasteiger partial charge in [0.15, 0.2) is 0 Å². The van der Waals surface area contributed by atoms with E-state index in [4.69, 9.17) is 5.11 Å². The maximum atomic E-state index is 12.0. The van der Waals surface area contributed by atoms with Gasteiger partial charge >= 0.3 is 5.97 Å². The van der Waals surface area contributed by atoms with Crippen LogP contribution in [0.2, 0.25) is 0 Å². The van der Waals surface area contributed by atoms with E-state index in [0.717, 1.165) is 18.0 Å². The lowest BCUT2D eigenvalue weighted by molar-refractivity contribution is -0.141. The highest BCUT2D eigenvalue weighted by molar-refractivity contribution is 7.08. The summed E-state index contributed by atoms with van der Waals surface area (Å²) in [7, 11) is 0. The van der Waals surface area contributed by atoms with Gasteiger partial charge < -0.3 is 10.4 Å². The van der Waals surface area contributed by atoms with Gasteiger partial charge in [-0.1, -0.05) is 11.4 Å². The number of carboxylic acids is 1. The van der Waals surface area contributed by atoms with Gasteiger partial charge in [-0.15, -0.1) is 5.10 Å². The zero-order chi connectivity index (χ0) is 13.1. The molecule has 98 valence electrons. The lowest BCUT2D eigenvalue weighted by atomic mass is 10.1. The first kappa shape index (κ1) is 12.9. The Morgan fingerprint density at radius 3 is 2.89 bits per heavy atom. The molecule has 2 atom stereocenters. The Morgan fingerprint density at radius 1 is 1.50 bits per heavy atom. The molecule has 1 amide bonds. The van der Waals surface area contributed by atoms with Crippen LogP contribution >= 0.6 is 11.5 Å². The van der Waals surface area contributed by atoms with E-state index < -0.39 is 5.97 Å². The summed E-state index contributed by atoms with van der Waals surface area (Å²) in [4.78, 5) is 23.4. The Balaban J connectivity index is 1.95. The second-order valence-electron chi connectivity index (χ2n) is 4.42. The number of aromatic nitrogens is 2. The first-order valence-electron chi connectivity index (χ1n) is 5.96. The average molecular weight is 269 g/mol. The summed E-state index contributed by atoms with van der Waals surface area (Å²) >= 11 is 1.08. The highest BCUT2D eigenvalue weighted by Crippen LogP contribution is 2.26. The van der Waals surface area contributed by atoms with E-state index in [2.05, 4.69) is 14.9 Å². The van der Waals surface area contributed by atoms with E-state index in [-0.39, 0.29) is 17.9 Å². The van der Waals surface area contributed by atoms with E-state index in [1.165, 1.54) is 0 Å². The quantitative estimate of drug-likeness (QED) is 0.853. The van der Waals surface area contributed by atoms with E-state index in [1.807, 2.05) is 6.92 Å². The van der Waals surface area contributed by atoms with Crippen LogP contribution in [-0.2, 0) is 11.2 Å². The molecular formula is C11H15N3O3S. The van der Waals surface area contributed by atoms with Crippen molar-refractivity contribution in [2.45, 2.75) is 38.6 Å². The van der Waals surface area contributed by atoms with Gasteiger partial charge in [0.1, 0.15) is 4.88 Å². The highest BCUT2D eigenvalue weighted by Gasteiger charge is 2.31. The largest absolute Gasteiger partial charge is 0.481 e. The van der Waals surface area contributed by atoms with Crippen molar-refractivity contribution in [2.75, 3.05) is 0 Å². The predicted octanol–water partition coefficient (Wildman–Crippen LogP) is 1.08. The summed E-state index contributed by atoms with van der Waals surface area (Å²) in [5, 5.41) is 15.7. The second kappa shape index (κ2) is 5.43. The smallest absolute Gasteiger partial charge is 0.306 e. The molecule has 2 N–H and O–H groups in total. The molecule has 0 bridgehead atoms. The van der Waals surface area contributed by atoms with Gasteiger partial charge in [-0.25, -0.2) is 0 Å².